The molecule has 2 aliphatic rings. The Bertz CT molecular complexity index is 221. The van der Waals surface area contributed by atoms with E-state index in [4.69, 9.17) is 4.74 Å². The molecule has 1 aliphatic heterocycles. The maximum atomic E-state index is 5.64. The summed E-state index contributed by atoms with van der Waals surface area (Å²) in [6.45, 7) is 3.24. The van der Waals surface area contributed by atoms with E-state index >= 15 is 0 Å². The minimum absolute atomic E-state index is 0.426. The van der Waals surface area contributed by atoms with Crippen LogP contribution >= 0.6 is 0 Å². The van der Waals surface area contributed by atoms with E-state index in [2.05, 4.69) is 17.7 Å². The first-order valence-electron chi connectivity index (χ1n) is 7.86. The fourth-order valence-electron chi connectivity index (χ4n) is 3.44. The Labute approximate surface area is 112 Å². The van der Waals surface area contributed by atoms with Gasteiger partial charge in [0.1, 0.15) is 0 Å². The van der Waals surface area contributed by atoms with Crippen molar-refractivity contribution in [1.82, 2.24) is 10.6 Å². The maximum Gasteiger partial charge on any atom is 0.0588 e. The van der Waals surface area contributed by atoms with E-state index in [1.165, 1.54) is 57.8 Å². The van der Waals surface area contributed by atoms with Crippen molar-refractivity contribution >= 4 is 0 Å². The Kier molecular flexibility index (Phi) is 5.93. The normalized spacial score (nSPS) is 27.5. The van der Waals surface area contributed by atoms with Crippen molar-refractivity contribution in [2.24, 2.45) is 0 Å². The Morgan fingerprint density at radius 1 is 1.11 bits per heavy atom. The lowest BCUT2D eigenvalue weighted by molar-refractivity contribution is 0.104. The second-order valence-electron chi connectivity index (χ2n) is 6.01. The van der Waals surface area contributed by atoms with Crippen molar-refractivity contribution in [3.8, 4) is 0 Å². The summed E-state index contributed by atoms with van der Waals surface area (Å²) in [4.78, 5) is 0. The third kappa shape index (κ3) is 4.22. The van der Waals surface area contributed by atoms with Gasteiger partial charge in [-0.2, -0.15) is 0 Å². The number of nitrogens with one attached hydrogen (secondary N) is 2. The van der Waals surface area contributed by atoms with Gasteiger partial charge in [-0.15, -0.1) is 0 Å². The summed E-state index contributed by atoms with van der Waals surface area (Å²) in [5.74, 6) is 0. The quantitative estimate of drug-likeness (QED) is 0.685. The fraction of sp³-hybridized carbons (Fsp3) is 1.00. The molecule has 1 heterocycles. The van der Waals surface area contributed by atoms with Crippen LogP contribution in [0.2, 0.25) is 0 Å². The molecule has 1 aliphatic carbocycles. The first-order chi connectivity index (χ1) is 8.85. The summed E-state index contributed by atoms with van der Waals surface area (Å²) in [6, 6.07) is 0. The topological polar surface area (TPSA) is 33.3 Å². The monoisotopic (exact) mass is 254 g/mol. The second kappa shape index (κ2) is 7.46. The van der Waals surface area contributed by atoms with Gasteiger partial charge in [0.15, 0.2) is 0 Å². The predicted octanol–water partition coefficient (Wildman–Crippen LogP) is 2.46. The van der Waals surface area contributed by atoms with Crippen LogP contribution in [0.1, 0.15) is 57.8 Å². The van der Waals surface area contributed by atoms with Crippen LogP contribution in [0.4, 0.5) is 0 Å². The molecule has 18 heavy (non-hydrogen) atoms. The molecule has 1 unspecified atom stereocenters. The van der Waals surface area contributed by atoms with Gasteiger partial charge in [-0.1, -0.05) is 19.3 Å². The van der Waals surface area contributed by atoms with Gasteiger partial charge in [-0.3, -0.25) is 0 Å². The molecule has 2 N–H and O–H groups in total. The summed E-state index contributed by atoms with van der Waals surface area (Å²) in [6.07, 6.45) is 12.5. The van der Waals surface area contributed by atoms with Gasteiger partial charge in [-0.25, -0.2) is 0 Å². The summed E-state index contributed by atoms with van der Waals surface area (Å²) in [5.41, 5.74) is 0.426. The van der Waals surface area contributed by atoms with Crippen LogP contribution in [-0.4, -0.2) is 38.4 Å². The van der Waals surface area contributed by atoms with Gasteiger partial charge in [0, 0.05) is 12.1 Å². The first-order valence-corrected chi connectivity index (χ1v) is 7.86. The number of ether oxygens (including phenoxy) is 1. The average molecular weight is 254 g/mol. The molecule has 2 fully saturated rings. The molecular weight excluding hydrogens is 224 g/mol. The fourth-order valence-corrected chi connectivity index (χ4v) is 3.44. The molecule has 1 atom stereocenters. The van der Waals surface area contributed by atoms with Gasteiger partial charge in [0.25, 0.3) is 0 Å². The Hall–Kier alpha value is -0.120. The molecule has 3 heteroatoms. The van der Waals surface area contributed by atoms with Gasteiger partial charge < -0.3 is 15.4 Å². The second-order valence-corrected chi connectivity index (χ2v) is 6.01. The highest BCUT2D eigenvalue weighted by Crippen LogP contribution is 2.30. The van der Waals surface area contributed by atoms with E-state index in [0.717, 1.165) is 19.7 Å². The Balaban J connectivity index is 1.55. The number of hydrogen-bond acceptors (Lipinski definition) is 3. The summed E-state index contributed by atoms with van der Waals surface area (Å²) < 4.78 is 5.64. The Morgan fingerprint density at radius 3 is 2.61 bits per heavy atom. The van der Waals surface area contributed by atoms with Crippen molar-refractivity contribution < 1.29 is 4.74 Å². The molecule has 2 rings (SSSR count). The summed E-state index contributed by atoms with van der Waals surface area (Å²) >= 11 is 0. The molecule has 106 valence electrons. The van der Waals surface area contributed by atoms with Crippen LogP contribution in [0.3, 0.4) is 0 Å². The van der Waals surface area contributed by atoms with Crippen LogP contribution in [0.15, 0.2) is 0 Å². The molecule has 0 spiro atoms. The summed E-state index contributed by atoms with van der Waals surface area (Å²) in [7, 11) is 2.14. The van der Waals surface area contributed by atoms with Crippen molar-refractivity contribution in [1.29, 1.82) is 0 Å². The molecule has 0 aromatic rings. The molecule has 0 bridgehead atoms. The number of hydrogen-bond donors (Lipinski definition) is 2. The van der Waals surface area contributed by atoms with Crippen molar-refractivity contribution in [3.63, 3.8) is 0 Å². The van der Waals surface area contributed by atoms with Crippen LogP contribution in [0.5, 0.6) is 0 Å². The molecule has 0 amide bonds. The lowest BCUT2D eigenvalue weighted by Gasteiger charge is -2.37. The Morgan fingerprint density at radius 2 is 1.94 bits per heavy atom. The highest BCUT2D eigenvalue weighted by molar-refractivity contribution is 4.90. The van der Waals surface area contributed by atoms with Crippen LogP contribution in [0, 0.1) is 0 Å². The van der Waals surface area contributed by atoms with E-state index in [-0.39, 0.29) is 0 Å². The van der Waals surface area contributed by atoms with E-state index in [1.807, 2.05) is 0 Å². The van der Waals surface area contributed by atoms with Crippen LogP contribution < -0.4 is 10.6 Å². The molecule has 0 aromatic heterocycles. The largest absolute Gasteiger partial charge is 0.378 e. The number of rotatable bonds is 7. The minimum atomic E-state index is 0.426. The minimum Gasteiger partial charge on any atom is -0.378 e. The van der Waals surface area contributed by atoms with Gasteiger partial charge in [0.2, 0.25) is 0 Å². The SMILES string of the molecule is CNC1(CCNCCC2CCCO2)CCCCC1. The first kappa shape index (κ1) is 14.3. The molecule has 0 radical (unpaired) electrons. The zero-order chi connectivity index (χ0) is 12.7. The zero-order valence-corrected chi connectivity index (χ0v) is 12.0. The third-order valence-corrected chi connectivity index (χ3v) is 4.79. The highest BCUT2D eigenvalue weighted by atomic mass is 16.5. The lowest BCUT2D eigenvalue weighted by atomic mass is 9.79. The maximum absolute atomic E-state index is 5.64. The molecule has 1 saturated heterocycles. The molecular formula is C15H30N2O. The van der Waals surface area contributed by atoms with Gasteiger partial charge >= 0.3 is 0 Å². The van der Waals surface area contributed by atoms with Gasteiger partial charge in [0.05, 0.1) is 6.10 Å². The van der Waals surface area contributed by atoms with Crippen molar-refractivity contribution in [2.75, 3.05) is 26.7 Å². The van der Waals surface area contributed by atoms with E-state index in [9.17, 15) is 0 Å². The van der Waals surface area contributed by atoms with Crippen molar-refractivity contribution in [2.45, 2.75) is 69.4 Å². The van der Waals surface area contributed by atoms with E-state index < -0.39 is 0 Å². The van der Waals surface area contributed by atoms with E-state index in [1.54, 1.807) is 0 Å². The van der Waals surface area contributed by atoms with E-state index in [0.29, 0.717) is 11.6 Å². The van der Waals surface area contributed by atoms with Crippen molar-refractivity contribution in [3.05, 3.63) is 0 Å². The predicted molar refractivity (Wildman–Crippen MR) is 76.0 cm³/mol. The summed E-state index contributed by atoms with van der Waals surface area (Å²) in [5, 5.41) is 7.18. The van der Waals surface area contributed by atoms with Gasteiger partial charge in [-0.05, 0) is 58.7 Å². The lowest BCUT2D eigenvalue weighted by Crippen LogP contribution is -2.46. The smallest absolute Gasteiger partial charge is 0.0588 e. The highest BCUT2D eigenvalue weighted by Gasteiger charge is 2.29. The average Bonchev–Trinajstić information content (AvgIpc) is 2.93. The zero-order valence-electron chi connectivity index (χ0n) is 12.0. The molecule has 0 aromatic carbocycles. The molecule has 1 saturated carbocycles. The van der Waals surface area contributed by atoms with Crippen LogP contribution in [-0.2, 0) is 4.74 Å². The molecule has 3 nitrogen and oxygen atoms in total. The standard InChI is InChI=1S/C15H30N2O/c1-16-15(8-3-2-4-9-15)10-12-17-11-7-14-6-5-13-18-14/h14,16-17H,2-13H2,1H3. The van der Waals surface area contributed by atoms with Crippen LogP contribution in [0.25, 0.3) is 0 Å². The third-order valence-electron chi connectivity index (χ3n) is 4.79.